The van der Waals surface area contributed by atoms with E-state index in [1.54, 1.807) is 31.4 Å². The van der Waals surface area contributed by atoms with E-state index in [2.05, 4.69) is 15.6 Å². The van der Waals surface area contributed by atoms with Crippen molar-refractivity contribution in [2.45, 2.75) is 18.9 Å². The second-order valence-corrected chi connectivity index (χ2v) is 7.23. The maximum absolute atomic E-state index is 12.3. The number of benzene rings is 2. The van der Waals surface area contributed by atoms with Gasteiger partial charge in [0, 0.05) is 23.7 Å². The van der Waals surface area contributed by atoms with E-state index in [0.29, 0.717) is 11.4 Å². The molecule has 0 aliphatic rings. The Hall–Kier alpha value is -3.06. The molecule has 0 aliphatic carbocycles. The molecule has 0 fully saturated rings. The van der Waals surface area contributed by atoms with Crippen molar-refractivity contribution in [2.75, 3.05) is 23.5 Å². The highest BCUT2D eigenvalue weighted by Gasteiger charge is 2.09. The molecular formula is C21H21N3O3S. The lowest BCUT2D eigenvalue weighted by Crippen LogP contribution is -2.14. The average molecular weight is 395 g/mol. The average Bonchev–Trinajstić information content (AvgIpc) is 2.67. The van der Waals surface area contributed by atoms with Crippen LogP contribution in [0.2, 0.25) is 0 Å². The second-order valence-electron chi connectivity index (χ2n) is 6.26. The van der Waals surface area contributed by atoms with Crippen molar-refractivity contribution in [1.29, 1.82) is 0 Å². The Morgan fingerprint density at radius 1 is 1.04 bits per heavy atom. The van der Waals surface area contributed by atoms with Gasteiger partial charge in [-0.15, -0.1) is 0 Å². The third-order valence-corrected chi connectivity index (χ3v) is 5.09. The first-order valence-corrected chi connectivity index (χ1v) is 9.69. The number of fused-ring (bicyclic) bond motifs is 1. The Kier molecular flexibility index (Phi) is 6.16. The van der Waals surface area contributed by atoms with Crippen LogP contribution >= 0.6 is 11.8 Å². The zero-order valence-electron chi connectivity index (χ0n) is 15.9. The number of anilines is 2. The lowest BCUT2D eigenvalue weighted by atomic mass is 10.1. The van der Waals surface area contributed by atoms with Crippen LogP contribution in [0, 0.1) is 6.92 Å². The number of thioether (sulfide) groups is 1. The number of nitrogens with zero attached hydrogens (tertiary/aromatic N) is 1. The molecular weight excluding hydrogens is 374 g/mol. The van der Waals surface area contributed by atoms with E-state index in [0.717, 1.165) is 27.2 Å². The number of carbonyl (C=O) groups excluding carboxylic acids is 2. The molecule has 2 N–H and O–H groups in total. The molecule has 7 heteroatoms. The second kappa shape index (κ2) is 8.75. The van der Waals surface area contributed by atoms with Gasteiger partial charge in [0.05, 0.1) is 18.4 Å². The van der Waals surface area contributed by atoms with Crippen LogP contribution < -0.4 is 15.4 Å². The highest BCUT2D eigenvalue weighted by atomic mass is 32.2. The van der Waals surface area contributed by atoms with Crippen molar-refractivity contribution >= 4 is 45.9 Å². The van der Waals surface area contributed by atoms with Crippen molar-refractivity contribution in [3.63, 3.8) is 0 Å². The molecule has 0 saturated carbocycles. The van der Waals surface area contributed by atoms with Gasteiger partial charge in [-0.2, -0.15) is 0 Å². The lowest BCUT2D eigenvalue weighted by molar-refractivity contribution is -0.114. The highest BCUT2D eigenvalue weighted by Crippen LogP contribution is 2.27. The van der Waals surface area contributed by atoms with Crippen molar-refractivity contribution < 1.29 is 14.3 Å². The number of aryl methyl sites for hydroxylation is 1. The number of rotatable bonds is 6. The Labute approximate surface area is 167 Å². The molecule has 0 unspecified atom stereocenters. The zero-order chi connectivity index (χ0) is 20.1. The minimum atomic E-state index is -0.134. The van der Waals surface area contributed by atoms with E-state index in [4.69, 9.17) is 4.74 Å². The van der Waals surface area contributed by atoms with Crippen LogP contribution in [-0.4, -0.2) is 29.7 Å². The standard InChI is InChI=1S/C21H21N3O3S/c1-13-10-15-11-18(27-3)8-9-19(15)24-21(13)28-12-20(26)23-17-6-4-16(5-7-17)22-14(2)25/h4-11H,12H2,1-3H3,(H,22,25)(H,23,26). The molecule has 3 aromatic rings. The van der Waals surface area contributed by atoms with Crippen molar-refractivity contribution in [3.8, 4) is 5.75 Å². The van der Waals surface area contributed by atoms with Gasteiger partial charge < -0.3 is 15.4 Å². The summed E-state index contributed by atoms with van der Waals surface area (Å²) in [5.41, 5.74) is 3.24. The number of aromatic nitrogens is 1. The minimum Gasteiger partial charge on any atom is -0.497 e. The molecule has 28 heavy (non-hydrogen) atoms. The Morgan fingerprint density at radius 2 is 1.71 bits per heavy atom. The molecule has 0 spiro atoms. The van der Waals surface area contributed by atoms with Gasteiger partial charge in [-0.1, -0.05) is 11.8 Å². The monoisotopic (exact) mass is 395 g/mol. The van der Waals surface area contributed by atoms with Crippen molar-refractivity contribution in [2.24, 2.45) is 0 Å². The van der Waals surface area contributed by atoms with Crippen molar-refractivity contribution in [3.05, 3.63) is 54.1 Å². The van der Waals surface area contributed by atoms with Crippen LogP contribution in [0.5, 0.6) is 5.75 Å². The molecule has 2 amide bonds. The Bertz CT molecular complexity index is 1020. The fourth-order valence-corrected chi connectivity index (χ4v) is 3.48. The van der Waals surface area contributed by atoms with Crippen LogP contribution in [0.1, 0.15) is 12.5 Å². The minimum absolute atomic E-state index is 0.117. The molecule has 6 nitrogen and oxygen atoms in total. The van der Waals surface area contributed by atoms with Crippen LogP contribution in [0.4, 0.5) is 11.4 Å². The maximum Gasteiger partial charge on any atom is 0.234 e. The Balaban J connectivity index is 1.62. The summed E-state index contributed by atoms with van der Waals surface area (Å²) >= 11 is 1.40. The van der Waals surface area contributed by atoms with Crippen LogP contribution in [0.15, 0.2) is 53.6 Å². The van der Waals surface area contributed by atoms with E-state index in [1.807, 2.05) is 31.2 Å². The van der Waals surface area contributed by atoms with E-state index < -0.39 is 0 Å². The third-order valence-electron chi connectivity index (χ3n) is 4.00. The first kappa shape index (κ1) is 19.7. The SMILES string of the molecule is COc1ccc2nc(SCC(=O)Nc3ccc(NC(C)=O)cc3)c(C)cc2c1. The summed E-state index contributed by atoms with van der Waals surface area (Å²) in [5.74, 6) is 0.791. The summed E-state index contributed by atoms with van der Waals surface area (Å²) in [5, 5.41) is 7.37. The van der Waals surface area contributed by atoms with E-state index in [1.165, 1.54) is 18.7 Å². The number of pyridine rings is 1. The predicted molar refractivity (Wildman–Crippen MR) is 113 cm³/mol. The van der Waals surface area contributed by atoms with Crippen LogP contribution in [0.25, 0.3) is 10.9 Å². The number of carbonyl (C=O) groups is 2. The fraction of sp³-hybridized carbons (Fsp3) is 0.190. The number of hydrogen-bond donors (Lipinski definition) is 2. The smallest absolute Gasteiger partial charge is 0.234 e. The van der Waals surface area contributed by atoms with Crippen LogP contribution in [0.3, 0.4) is 0 Å². The third kappa shape index (κ3) is 5.01. The summed E-state index contributed by atoms with van der Waals surface area (Å²) < 4.78 is 5.25. The summed E-state index contributed by atoms with van der Waals surface area (Å²) in [6.07, 6.45) is 0. The van der Waals surface area contributed by atoms with E-state index >= 15 is 0 Å². The van der Waals surface area contributed by atoms with E-state index in [-0.39, 0.29) is 17.6 Å². The lowest BCUT2D eigenvalue weighted by Gasteiger charge is -2.09. The highest BCUT2D eigenvalue weighted by molar-refractivity contribution is 8.00. The number of amides is 2. The number of ether oxygens (including phenoxy) is 1. The maximum atomic E-state index is 12.3. The summed E-state index contributed by atoms with van der Waals surface area (Å²) in [7, 11) is 1.64. The van der Waals surface area contributed by atoms with Gasteiger partial charge in [0.2, 0.25) is 11.8 Å². The molecule has 1 aromatic heterocycles. The topological polar surface area (TPSA) is 80.3 Å². The first-order valence-electron chi connectivity index (χ1n) is 8.70. The normalized spacial score (nSPS) is 10.5. The van der Waals surface area contributed by atoms with Crippen molar-refractivity contribution in [1.82, 2.24) is 4.98 Å². The van der Waals surface area contributed by atoms with Gasteiger partial charge in [-0.25, -0.2) is 4.98 Å². The summed E-state index contributed by atoms with van der Waals surface area (Å²) in [6, 6.07) is 14.8. The largest absolute Gasteiger partial charge is 0.497 e. The van der Waals surface area contributed by atoms with Crippen LogP contribution in [-0.2, 0) is 9.59 Å². The van der Waals surface area contributed by atoms with E-state index in [9.17, 15) is 9.59 Å². The van der Waals surface area contributed by atoms with Gasteiger partial charge in [-0.05, 0) is 61.0 Å². The van der Waals surface area contributed by atoms with Gasteiger partial charge in [0.1, 0.15) is 10.8 Å². The summed E-state index contributed by atoms with van der Waals surface area (Å²) in [4.78, 5) is 28.0. The fourth-order valence-electron chi connectivity index (χ4n) is 2.69. The van der Waals surface area contributed by atoms with Gasteiger partial charge in [0.15, 0.2) is 0 Å². The molecule has 0 saturated heterocycles. The molecule has 2 aromatic carbocycles. The zero-order valence-corrected chi connectivity index (χ0v) is 16.7. The van der Waals surface area contributed by atoms with Gasteiger partial charge >= 0.3 is 0 Å². The molecule has 3 rings (SSSR count). The Morgan fingerprint density at radius 3 is 2.36 bits per heavy atom. The number of methoxy groups -OCH3 is 1. The number of nitrogens with one attached hydrogen (secondary N) is 2. The quantitative estimate of drug-likeness (QED) is 0.610. The molecule has 144 valence electrons. The molecule has 0 bridgehead atoms. The predicted octanol–water partition coefficient (Wildman–Crippen LogP) is 4.24. The first-order chi connectivity index (χ1) is 13.4. The molecule has 0 atom stereocenters. The molecule has 1 heterocycles. The summed E-state index contributed by atoms with van der Waals surface area (Å²) in [6.45, 7) is 3.43. The number of hydrogen-bond acceptors (Lipinski definition) is 5. The van der Waals surface area contributed by atoms with Gasteiger partial charge in [0.25, 0.3) is 0 Å². The molecule has 0 aliphatic heterocycles. The molecule has 0 radical (unpaired) electrons. The van der Waals surface area contributed by atoms with Gasteiger partial charge in [-0.3, -0.25) is 9.59 Å².